The number of nitrogens with zero attached hydrogens (tertiary/aromatic N) is 4. The maximum atomic E-state index is 6.33. The van der Waals surface area contributed by atoms with E-state index in [-0.39, 0.29) is 0 Å². The number of rotatable bonds is 4. The Morgan fingerprint density at radius 3 is 2.89 bits per heavy atom. The number of nitrogens with two attached hydrogens (primary N) is 1. The lowest BCUT2D eigenvalue weighted by atomic mass is 9.99. The molecule has 3 rings (SSSR count). The molecule has 1 aliphatic carbocycles. The Labute approximate surface area is 115 Å². The highest BCUT2D eigenvalue weighted by Gasteiger charge is 2.36. The molecule has 2 N–H and O–H groups in total. The quantitative estimate of drug-likeness (QED) is 0.923. The van der Waals surface area contributed by atoms with E-state index in [9.17, 15) is 0 Å². The Morgan fingerprint density at radius 2 is 2.16 bits per heavy atom. The highest BCUT2D eigenvalue weighted by atomic mass is 32.1. The van der Waals surface area contributed by atoms with E-state index >= 15 is 0 Å². The van der Waals surface area contributed by atoms with Gasteiger partial charge in [0.1, 0.15) is 4.88 Å². The first-order valence-electron chi connectivity index (χ1n) is 6.67. The summed E-state index contributed by atoms with van der Waals surface area (Å²) in [7, 11) is 0. The van der Waals surface area contributed by atoms with E-state index in [0.29, 0.717) is 11.7 Å². The van der Waals surface area contributed by atoms with Crippen LogP contribution in [-0.4, -0.2) is 19.7 Å². The van der Waals surface area contributed by atoms with Gasteiger partial charge in [-0.05, 0) is 30.8 Å². The molecule has 0 unspecified atom stereocenters. The van der Waals surface area contributed by atoms with Crippen molar-refractivity contribution in [2.75, 3.05) is 0 Å². The minimum atomic E-state index is -0.412. The predicted octanol–water partition coefficient (Wildman–Crippen LogP) is 2.27. The fourth-order valence-electron chi connectivity index (χ4n) is 2.52. The Kier molecular flexibility index (Phi) is 3.32. The second-order valence-electron chi connectivity index (χ2n) is 5.09. The molecule has 6 nitrogen and oxygen atoms in total. The van der Waals surface area contributed by atoms with E-state index in [1.165, 1.54) is 11.5 Å². The van der Waals surface area contributed by atoms with Crippen LogP contribution in [0.15, 0.2) is 4.52 Å². The zero-order chi connectivity index (χ0) is 13.3. The fraction of sp³-hybridized carbons (Fsp3) is 0.667. The molecular formula is C12H17N5OS. The average Bonchev–Trinajstić information content (AvgIpc) is 3.08. The van der Waals surface area contributed by atoms with Crippen molar-refractivity contribution in [3.63, 3.8) is 0 Å². The second-order valence-corrected chi connectivity index (χ2v) is 5.84. The number of hydrogen-bond acceptors (Lipinski definition) is 7. The van der Waals surface area contributed by atoms with Gasteiger partial charge in [0.25, 0.3) is 5.89 Å². The van der Waals surface area contributed by atoms with Crippen LogP contribution in [0, 0.1) is 0 Å². The highest BCUT2D eigenvalue weighted by molar-refractivity contribution is 7.09. The van der Waals surface area contributed by atoms with Gasteiger partial charge < -0.3 is 10.3 Å². The zero-order valence-corrected chi connectivity index (χ0v) is 11.7. The van der Waals surface area contributed by atoms with Crippen molar-refractivity contribution in [3.05, 3.63) is 11.5 Å². The summed E-state index contributed by atoms with van der Waals surface area (Å²) in [6.45, 7) is 2.11. The van der Waals surface area contributed by atoms with Crippen LogP contribution in [-0.2, 0) is 12.0 Å². The van der Waals surface area contributed by atoms with Crippen LogP contribution in [0.2, 0.25) is 0 Å². The van der Waals surface area contributed by atoms with Crippen molar-refractivity contribution >= 4 is 11.5 Å². The first kappa shape index (κ1) is 12.7. The van der Waals surface area contributed by atoms with Gasteiger partial charge in [-0.25, -0.2) is 0 Å². The molecule has 0 amide bonds. The first-order chi connectivity index (χ1) is 9.23. The molecule has 0 spiro atoms. The highest BCUT2D eigenvalue weighted by Crippen LogP contribution is 2.36. The van der Waals surface area contributed by atoms with Crippen LogP contribution < -0.4 is 5.73 Å². The van der Waals surface area contributed by atoms with Gasteiger partial charge in [0.05, 0.1) is 11.2 Å². The Balaban J connectivity index is 1.90. The standard InChI is InChI=1S/C12H17N5OS/c1-2-5-8-9(19-17-15-8)10-14-11(16-18-10)12(13)6-3-4-7-12/h2-7,13H2,1H3. The van der Waals surface area contributed by atoms with Gasteiger partial charge in [0, 0.05) is 0 Å². The van der Waals surface area contributed by atoms with Crippen molar-refractivity contribution < 1.29 is 4.52 Å². The van der Waals surface area contributed by atoms with E-state index in [1.807, 2.05) is 0 Å². The number of aryl methyl sites for hydroxylation is 1. The molecule has 0 bridgehead atoms. The van der Waals surface area contributed by atoms with Crippen molar-refractivity contribution in [1.29, 1.82) is 0 Å². The molecule has 0 radical (unpaired) electrons. The van der Waals surface area contributed by atoms with Crippen molar-refractivity contribution in [1.82, 2.24) is 19.7 Å². The van der Waals surface area contributed by atoms with Crippen LogP contribution in [0.3, 0.4) is 0 Å². The van der Waals surface area contributed by atoms with E-state index in [2.05, 4.69) is 26.7 Å². The van der Waals surface area contributed by atoms with Crippen molar-refractivity contribution in [2.24, 2.45) is 5.73 Å². The SMILES string of the molecule is CCCc1nnsc1-c1nc(C2(N)CCCC2)no1. The van der Waals surface area contributed by atoms with Gasteiger partial charge in [-0.3, -0.25) is 0 Å². The lowest BCUT2D eigenvalue weighted by molar-refractivity contribution is 0.373. The summed E-state index contributed by atoms with van der Waals surface area (Å²) in [5.41, 5.74) is 6.85. The maximum Gasteiger partial charge on any atom is 0.271 e. The average molecular weight is 279 g/mol. The third kappa shape index (κ3) is 2.28. The van der Waals surface area contributed by atoms with E-state index < -0.39 is 5.54 Å². The van der Waals surface area contributed by atoms with Crippen molar-refractivity contribution in [3.8, 4) is 10.8 Å². The van der Waals surface area contributed by atoms with Crippen LogP contribution in [0.4, 0.5) is 0 Å². The molecular weight excluding hydrogens is 262 g/mol. The molecule has 19 heavy (non-hydrogen) atoms. The summed E-state index contributed by atoms with van der Waals surface area (Å²) >= 11 is 1.30. The first-order valence-corrected chi connectivity index (χ1v) is 7.45. The fourth-order valence-corrected chi connectivity index (χ4v) is 3.15. The zero-order valence-electron chi connectivity index (χ0n) is 10.9. The normalized spacial score (nSPS) is 18.0. The molecule has 1 saturated carbocycles. The second kappa shape index (κ2) is 4.97. The van der Waals surface area contributed by atoms with Gasteiger partial charge >= 0.3 is 0 Å². The van der Waals surface area contributed by atoms with Gasteiger partial charge in [-0.1, -0.05) is 35.8 Å². The third-order valence-corrected chi connectivity index (χ3v) is 4.36. The third-order valence-electron chi connectivity index (χ3n) is 3.60. The Hall–Kier alpha value is -1.34. The molecule has 2 aromatic heterocycles. The van der Waals surface area contributed by atoms with Gasteiger partial charge in [0.2, 0.25) is 0 Å². The molecule has 2 heterocycles. The van der Waals surface area contributed by atoms with Gasteiger partial charge in [-0.15, -0.1) is 5.10 Å². The minimum absolute atomic E-state index is 0.412. The molecule has 0 aliphatic heterocycles. The van der Waals surface area contributed by atoms with E-state index in [1.54, 1.807) is 0 Å². The smallest absolute Gasteiger partial charge is 0.271 e. The molecule has 102 valence electrons. The van der Waals surface area contributed by atoms with Crippen LogP contribution in [0.1, 0.15) is 50.5 Å². The summed E-state index contributed by atoms with van der Waals surface area (Å²) in [5, 5.41) is 8.18. The summed E-state index contributed by atoms with van der Waals surface area (Å²) in [6.07, 6.45) is 5.99. The summed E-state index contributed by atoms with van der Waals surface area (Å²) in [5.74, 6) is 1.13. The summed E-state index contributed by atoms with van der Waals surface area (Å²) in [6, 6.07) is 0. The van der Waals surface area contributed by atoms with Crippen LogP contribution in [0.25, 0.3) is 10.8 Å². The Morgan fingerprint density at radius 1 is 1.37 bits per heavy atom. The molecule has 2 aromatic rings. The molecule has 0 aromatic carbocycles. The topological polar surface area (TPSA) is 90.7 Å². The predicted molar refractivity (Wildman–Crippen MR) is 71.5 cm³/mol. The lowest BCUT2D eigenvalue weighted by Crippen LogP contribution is -2.34. The summed E-state index contributed by atoms with van der Waals surface area (Å²) < 4.78 is 9.34. The minimum Gasteiger partial charge on any atom is -0.333 e. The molecule has 7 heteroatoms. The van der Waals surface area contributed by atoms with Crippen LogP contribution in [0.5, 0.6) is 0 Å². The largest absolute Gasteiger partial charge is 0.333 e. The maximum absolute atomic E-state index is 6.33. The Bertz CT molecular complexity index is 558. The summed E-state index contributed by atoms with van der Waals surface area (Å²) in [4.78, 5) is 5.35. The molecule has 1 aliphatic rings. The van der Waals surface area contributed by atoms with Gasteiger partial charge in [0.15, 0.2) is 5.82 Å². The van der Waals surface area contributed by atoms with E-state index in [0.717, 1.165) is 49.1 Å². The lowest BCUT2D eigenvalue weighted by Gasteiger charge is -2.17. The van der Waals surface area contributed by atoms with Crippen molar-refractivity contribution in [2.45, 2.75) is 51.0 Å². The monoisotopic (exact) mass is 279 g/mol. The van der Waals surface area contributed by atoms with Crippen LogP contribution >= 0.6 is 11.5 Å². The number of hydrogen-bond donors (Lipinski definition) is 1. The van der Waals surface area contributed by atoms with E-state index in [4.69, 9.17) is 10.3 Å². The molecule has 0 atom stereocenters. The van der Waals surface area contributed by atoms with Gasteiger partial charge in [-0.2, -0.15) is 4.98 Å². The molecule has 0 saturated heterocycles. The molecule has 1 fully saturated rings. The number of aromatic nitrogens is 4.